The summed E-state index contributed by atoms with van der Waals surface area (Å²) in [4.78, 5) is 11.7. The predicted octanol–water partition coefficient (Wildman–Crippen LogP) is 5.49. The van der Waals surface area contributed by atoms with Gasteiger partial charge in [0.1, 0.15) is 5.60 Å². The maximum absolute atomic E-state index is 13.7. The molecule has 0 heterocycles. The molecule has 4 nitrogen and oxygen atoms in total. The lowest BCUT2D eigenvalue weighted by atomic mass is 9.85. The highest BCUT2D eigenvalue weighted by Gasteiger charge is 2.56. The van der Waals surface area contributed by atoms with Crippen molar-refractivity contribution in [3.05, 3.63) is 64.7 Å². The summed E-state index contributed by atoms with van der Waals surface area (Å²) < 4.78 is 46.2. The number of aliphatic hydroxyl groups is 1. The van der Waals surface area contributed by atoms with Gasteiger partial charge in [-0.15, -0.1) is 0 Å². The number of nitrogens with one attached hydrogen (secondary N) is 1. The summed E-state index contributed by atoms with van der Waals surface area (Å²) in [5, 5.41) is 13.2. The lowest BCUT2D eigenvalue weighted by molar-refractivity contribution is -0.248. The van der Waals surface area contributed by atoms with Crippen LogP contribution in [0.2, 0.25) is 5.02 Å². The first-order chi connectivity index (χ1) is 12.3. The van der Waals surface area contributed by atoms with Crippen molar-refractivity contribution < 1.29 is 27.8 Å². The minimum Gasteiger partial charge on any atom is -0.444 e. The molecule has 1 amide bonds. The Morgan fingerprint density at radius 1 is 0.963 bits per heavy atom. The Morgan fingerprint density at radius 2 is 1.41 bits per heavy atom. The fourth-order valence-electron chi connectivity index (χ4n) is 2.40. The Balaban J connectivity index is 2.33. The first-order valence-electron chi connectivity index (χ1n) is 7.98. The maximum Gasteiger partial charge on any atom is 0.425 e. The number of ether oxygens (including phenoxy) is 1. The Kier molecular flexibility index (Phi) is 5.77. The molecule has 2 aromatic carbocycles. The van der Waals surface area contributed by atoms with Gasteiger partial charge in [-0.2, -0.15) is 13.2 Å². The van der Waals surface area contributed by atoms with Crippen molar-refractivity contribution in [2.24, 2.45) is 0 Å². The molecule has 0 saturated heterocycles. The first-order valence-corrected chi connectivity index (χ1v) is 8.36. The zero-order valence-corrected chi connectivity index (χ0v) is 15.7. The highest BCUT2D eigenvalue weighted by atomic mass is 35.5. The summed E-state index contributed by atoms with van der Waals surface area (Å²) in [7, 11) is 0. The van der Waals surface area contributed by atoms with Crippen molar-refractivity contribution in [3.8, 4) is 0 Å². The predicted molar refractivity (Wildman–Crippen MR) is 96.8 cm³/mol. The van der Waals surface area contributed by atoms with Gasteiger partial charge in [-0.3, -0.25) is 5.32 Å². The van der Waals surface area contributed by atoms with Gasteiger partial charge in [0.25, 0.3) is 0 Å². The SMILES string of the molecule is CC(C)(C)OC(=O)Nc1ccc(C(O)(c2ccc(Cl)cc2)C(F)(F)F)cc1. The molecule has 1 atom stereocenters. The van der Waals surface area contributed by atoms with Crippen LogP contribution in [0.25, 0.3) is 0 Å². The van der Waals surface area contributed by atoms with E-state index in [9.17, 15) is 23.1 Å². The van der Waals surface area contributed by atoms with Crippen LogP contribution in [-0.4, -0.2) is 23.0 Å². The van der Waals surface area contributed by atoms with Gasteiger partial charge in [-0.1, -0.05) is 35.9 Å². The lowest BCUT2D eigenvalue weighted by Crippen LogP contribution is -2.43. The number of halogens is 4. The van der Waals surface area contributed by atoms with Crippen molar-refractivity contribution >= 4 is 23.4 Å². The zero-order valence-electron chi connectivity index (χ0n) is 14.9. The van der Waals surface area contributed by atoms with Crippen LogP contribution in [0, 0.1) is 0 Å². The standard InChI is InChI=1S/C19H19ClF3NO3/c1-17(2,3)27-16(25)24-15-10-6-13(7-11-15)18(26,19(21,22)23)12-4-8-14(20)9-5-12/h4-11,26H,1-3H3,(H,24,25). The molecule has 0 aliphatic heterocycles. The number of amides is 1. The number of rotatable bonds is 3. The summed E-state index contributed by atoms with van der Waals surface area (Å²) in [6.07, 6.45) is -5.71. The molecule has 2 aromatic rings. The van der Waals surface area contributed by atoms with Crippen LogP contribution in [0.5, 0.6) is 0 Å². The van der Waals surface area contributed by atoms with Gasteiger partial charge >= 0.3 is 12.3 Å². The summed E-state index contributed by atoms with van der Waals surface area (Å²) in [6, 6.07) is 9.46. The van der Waals surface area contributed by atoms with E-state index in [2.05, 4.69) is 5.32 Å². The second kappa shape index (κ2) is 7.40. The normalized spacial score (nSPS) is 14.4. The second-order valence-corrected chi connectivity index (χ2v) is 7.36. The molecule has 0 fully saturated rings. The molecule has 2 N–H and O–H groups in total. The monoisotopic (exact) mass is 401 g/mol. The Labute approximate surface area is 159 Å². The minimum absolute atomic E-state index is 0.230. The van der Waals surface area contributed by atoms with E-state index in [1.807, 2.05) is 0 Å². The minimum atomic E-state index is -4.97. The molecule has 8 heteroatoms. The van der Waals surface area contributed by atoms with E-state index in [1.165, 1.54) is 24.3 Å². The summed E-state index contributed by atoms with van der Waals surface area (Å²) in [6.45, 7) is 5.06. The molecular weight excluding hydrogens is 383 g/mol. The van der Waals surface area contributed by atoms with Crippen molar-refractivity contribution in [2.45, 2.75) is 38.1 Å². The van der Waals surface area contributed by atoms with Crippen molar-refractivity contribution in [2.75, 3.05) is 5.32 Å². The smallest absolute Gasteiger partial charge is 0.425 e. The number of hydrogen-bond donors (Lipinski definition) is 2. The average molecular weight is 402 g/mol. The molecule has 0 bridgehead atoms. The molecule has 0 radical (unpaired) electrons. The molecule has 146 valence electrons. The molecule has 0 spiro atoms. The van der Waals surface area contributed by atoms with Crippen LogP contribution < -0.4 is 5.32 Å². The largest absolute Gasteiger partial charge is 0.444 e. The zero-order chi connectivity index (χ0) is 20.5. The van der Waals surface area contributed by atoms with Crippen LogP contribution in [0.15, 0.2) is 48.5 Å². The third-order valence-electron chi connectivity index (χ3n) is 3.62. The number of hydrogen-bond acceptors (Lipinski definition) is 3. The summed E-state index contributed by atoms with van der Waals surface area (Å²) in [5.74, 6) is 0. The van der Waals surface area contributed by atoms with Gasteiger partial charge in [0, 0.05) is 10.7 Å². The van der Waals surface area contributed by atoms with E-state index in [0.29, 0.717) is 0 Å². The van der Waals surface area contributed by atoms with Crippen LogP contribution in [0.4, 0.5) is 23.7 Å². The topological polar surface area (TPSA) is 58.6 Å². The van der Waals surface area contributed by atoms with Gasteiger partial charge < -0.3 is 9.84 Å². The van der Waals surface area contributed by atoms with Crippen molar-refractivity contribution in [1.82, 2.24) is 0 Å². The van der Waals surface area contributed by atoms with E-state index in [4.69, 9.17) is 16.3 Å². The van der Waals surface area contributed by atoms with Gasteiger partial charge in [0.15, 0.2) is 0 Å². The third kappa shape index (κ3) is 4.93. The van der Waals surface area contributed by atoms with E-state index in [1.54, 1.807) is 20.8 Å². The van der Waals surface area contributed by atoms with E-state index >= 15 is 0 Å². The number of anilines is 1. The molecule has 0 aromatic heterocycles. The third-order valence-corrected chi connectivity index (χ3v) is 3.87. The fraction of sp³-hybridized carbons (Fsp3) is 0.316. The number of carbonyl (C=O) groups is 1. The second-order valence-electron chi connectivity index (χ2n) is 6.92. The van der Waals surface area contributed by atoms with Gasteiger partial charge in [-0.25, -0.2) is 4.79 Å². The number of carbonyl (C=O) groups excluding carboxylic acids is 1. The average Bonchev–Trinajstić information content (AvgIpc) is 2.52. The molecule has 0 aliphatic carbocycles. The van der Waals surface area contributed by atoms with E-state index in [0.717, 1.165) is 24.3 Å². The van der Waals surface area contributed by atoms with Gasteiger partial charge in [-0.05, 0) is 56.2 Å². The van der Waals surface area contributed by atoms with Crippen molar-refractivity contribution in [3.63, 3.8) is 0 Å². The molecule has 2 rings (SSSR count). The molecule has 1 unspecified atom stereocenters. The number of alkyl halides is 3. The van der Waals surface area contributed by atoms with E-state index in [-0.39, 0.29) is 16.3 Å². The Hall–Kier alpha value is -2.25. The van der Waals surface area contributed by atoms with Crippen LogP contribution in [0.3, 0.4) is 0 Å². The van der Waals surface area contributed by atoms with Crippen LogP contribution in [0.1, 0.15) is 31.9 Å². The summed E-state index contributed by atoms with van der Waals surface area (Å²) >= 11 is 5.72. The lowest BCUT2D eigenvalue weighted by Gasteiger charge is -2.31. The summed E-state index contributed by atoms with van der Waals surface area (Å²) in [5.41, 5.74) is -4.47. The Bertz CT molecular complexity index is 799. The highest BCUT2D eigenvalue weighted by molar-refractivity contribution is 6.30. The first kappa shape index (κ1) is 21.1. The molecule has 0 saturated carbocycles. The molecular formula is C19H19ClF3NO3. The quantitative estimate of drug-likeness (QED) is 0.715. The number of benzene rings is 2. The molecule has 0 aliphatic rings. The van der Waals surface area contributed by atoms with Crippen molar-refractivity contribution in [1.29, 1.82) is 0 Å². The van der Waals surface area contributed by atoms with E-state index < -0.39 is 29.0 Å². The van der Waals surface area contributed by atoms with Crippen LogP contribution in [-0.2, 0) is 10.3 Å². The fourth-order valence-corrected chi connectivity index (χ4v) is 2.53. The Morgan fingerprint density at radius 3 is 1.81 bits per heavy atom. The maximum atomic E-state index is 13.7. The molecule has 27 heavy (non-hydrogen) atoms. The van der Waals surface area contributed by atoms with Gasteiger partial charge in [0.2, 0.25) is 5.60 Å². The van der Waals surface area contributed by atoms with Gasteiger partial charge in [0.05, 0.1) is 0 Å². The van der Waals surface area contributed by atoms with Crippen LogP contribution >= 0.6 is 11.6 Å². The highest BCUT2D eigenvalue weighted by Crippen LogP contribution is 2.44.